The van der Waals surface area contributed by atoms with Crippen molar-refractivity contribution in [3.8, 4) is 0 Å². The lowest BCUT2D eigenvalue weighted by molar-refractivity contribution is -0.118. The van der Waals surface area contributed by atoms with E-state index < -0.39 is 0 Å². The van der Waals surface area contributed by atoms with Gasteiger partial charge < -0.3 is 15.5 Å². The number of carbonyl (C=O) groups excluding carboxylic acids is 2. The van der Waals surface area contributed by atoms with Crippen LogP contribution in [0.2, 0.25) is 0 Å². The van der Waals surface area contributed by atoms with Gasteiger partial charge in [0.15, 0.2) is 0 Å². The topological polar surface area (TPSA) is 74.3 Å². The predicted octanol–water partition coefficient (Wildman–Crippen LogP) is 2.64. The van der Waals surface area contributed by atoms with Gasteiger partial charge in [0.2, 0.25) is 5.91 Å². The molecule has 3 amide bonds. The highest BCUT2D eigenvalue weighted by Gasteiger charge is 2.61. The number of likely N-dealkylation sites (tertiary alicyclic amines) is 1. The van der Waals surface area contributed by atoms with E-state index in [0.29, 0.717) is 19.6 Å². The van der Waals surface area contributed by atoms with Crippen LogP contribution >= 0.6 is 0 Å². The van der Waals surface area contributed by atoms with Gasteiger partial charge in [0, 0.05) is 37.2 Å². The molecule has 2 aromatic rings. The first kappa shape index (κ1) is 16.6. The number of nitrogens with one attached hydrogen (secondary N) is 2. The number of amides is 3. The van der Waals surface area contributed by atoms with Crippen molar-refractivity contribution in [2.45, 2.75) is 19.4 Å². The van der Waals surface area contributed by atoms with Gasteiger partial charge in [-0.3, -0.25) is 9.78 Å². The highest BCUT2D eigenvalue weighted by atomic mass is 16.2. The van der Waals surface area contributed by atoms with Crippen LogP contribution in [0.25, 0.3) is 0 Å². The van der Waals surface area contributed by atoms with Gasteiger partial charge in [0.1, 0.15) is 0 Å². The molecule has 2 heterocycles. The summed E-state index contributed by atoms with van der Waals surface area (Å²) < 4.78 is 0. The Morgan fingerprint density at radius 3 is 2.81 bits per heavy atom. The Labute approximate surface area is 152 Å². The largest absolute Gasteiger partial charge is 0.334 e. The maximum absolute atomic E-state index is 12.5. The second-order valence-electron chi connectivity index (χ2n) is 7.17. The van der Waals surface area contributed by atoms with Crippen molar-refractivity contribution >= 4 is 17.6 Å². The smallest absolute Gasteiger partial charge is 0.317 e. The Morgan fingerprint density at radius 1 is 1.19 bits per heavy atom. The molecule has 2 unspecified atom stereocenters. The minimum absolute atomic E-state index is 0.0189. The molecule has 26 heavy (non-hydrogen) atoms. The third-order valence-electron chi connectivity index (χ3n) is 5.39. The Kier molecular flexibility index (Phi) is 4.32. The van der Waals surface area contributed by atoms with Crippen LogP contribution in [0.4, 0.5) is 10.5 Å². The van der Waals surface area contributed by atoms with E-state index in [0.717, 1.165) is 24.1 Å². The first-order valence-electron chi connectivity index (χ1n) is 8.94. The number of rotatable bonds is 4. The zero-order valence-corrected chi connectivity index (χ0v) is 14.5. The fourth-order valence-electron chi connectivity index (χ4n) is 3.79. The number of urea groups is 1. The molecule has 2 N–H and O–H groups in total. The number of aromatic nitrogens is 1. The first-order valence-corrected chi connectivity index (χ1v) is 8.94. The maximum atomic E-state index is 12.5. The summed E-state index contributed by atoms with van der Waals surface area (Å²) in [7, 11) is 0. The third kappa shape index (κ3) is 3.40. The Balaban J connectivity index is 1.28. The molecule has 2 atom stereocenters. The van der Waals surface area contributed by atoms with E-state index in [4.69, 9.17) is 0 Å². The van der Waals surface area contributed by atoms with Gasteiger partial charge >= 0.3 is 6.03 Å². The second-order valence-corrected chi connectivity index (χ2v) is 7.17. The van der Waals surface area contributed by atoms with Crippen LogP contribution in [0.1, 0.15) is 18.4 Å². The summed E-state index contributed by atoms with van der Waals surface area (Å²) in [5.41, 5.74) is 1.75. The molecule has 2 aliphatic rings. The summed E-state index contributed by atoms with van der Waals surface area (Å²) in [5, 5.41) is 5.89. The number of hydrogen-bond donors (Lipinski definition) is 2. The van der Waals surface area contributed by atoms with Gasteiger partial charge in [-0.1, -0.05) is 30.3 Å². The summed E-state index contributed by atoms with van der Waals surface area (Å²) in [6.45, 7) is 1.88. The monoisotopic (exact) mass is 350 g/mol. The molecular formula is C20H22N4O2. The third-order valence-corrected chi connectivity index (χ3v) is 5.39. The van der Waals surface area contributed by atoms with Crippen LogP contribution in [0, 0.1) is 11.3 Å². The van der Waals surface area contributed by atoms with E-state index in [1.165, 1.54) is 0 Å². The zero-order valence-electron chi connectivity index (χ0n) is 14.5. The SMILES string of the molecule is O=C(Nc1cccnc1)C1CC12CCN(C(=O)NCc1ccccc1)C2. The average molecular weight is 350 g/mol. The van der Waals surface area contributed by atoms with Crippen LogP contribution in [-0.4, -0.2) is 34.9 Å². The number of carbonyl (C=O) groups is 2. The Hall–Kier alpha value is -2.89. The molecule has 1 aromatic heterocycles. The predicted molar refractivity (Wildman–Crippen MR) is 98.3 cm³/mol. The van der Waals surface area contributed by atoms with Crippen molar-refractivity contribution < 1.29 is 9.59 Å². The molecule has 1 spiro atoms. The summed E-state index contributed by atoms with van der Waals surface area (Å²) in [5.74, 6) is 0.0131. The van der Waals surface area contributed by atoms with Gasteiger partial charge in [0.25, 0.3) is 0 Å². The molecule has 4 rings (SSSR count). The van der Waals surface area contributed by atoms with E-state index >= 15 is 0 Å². The number of pyridine rings is 1. The lowest BCUT2D eigenvalue weighted by Crippen LogP contribution is -2.38. The standard InChI is InChI=1S/C20H22N4O2/c25-18(23-16-7-4-9-21-13-16)17-11-20(17)8-10-24(14-20)19(26)22-12-15-5-2-1-3-6-15/h1-7,9,13,17H,8,10-12,14H2,(H,22,26)(H,23,25). The molecule has 1 aliphatic heterocycles. The molecule has 1 aromatic carbocycles. The van der Waals surface area contributed by atoms with Gasteiger partial charge in [-0.05, 0) is 30.5 Å². The van der Waals surface area contributed by atoms with E-state index in [1.807, 2.05) is 41.3 Å². The molecule has 6 heteroatoms. The van der Waals surface area contributed by atoms with Crippen LogP contribution in [0.3, 0.4) is 0 Å². The van der Waals surface area contributed by atoms with Crippen LogP contribution < -0.4 is 10.6 Å². The first-order chi connectivity index (χ1) is 12.7. The molecule has 6 nitrogen and oxygen atoms in total. The number of nitrogens with zero attached hydrogens (tertiary/aromatic N) is 2. The lowest BCUT2D eigenvalue weighted by Gasteiger charge is -2.17. The summed E-state index contributed by atoms with van der Waals surface area (Å²) >= 11 is 0. The van der Waals surface area contributed by atoms with Crippen molar-refractivity contribution in [3.05, 3.63) is 60.4 Å². The van der Waals surface area contributed by atoms with E-state index in [1.54, 1.807) is 18.5 Å². The highest BCUT2D eigenvalue weighted by Crippen LogP contribution is 2.58. The zero-order chi connectivity index (χ0) is 18.0. The second kappa shape index (κ2) is 6.78. The van der Waals surface area contributed by atoms with Crippen molar-refractivity contribution in [2.24, 2.45) is 11.3 Å². The minimum atomic E-state index is -0.0518. The average Bonchev–Trinajstić information content (AvgIpc) is 3.21. The quantitative estimate of drug-likeness (QED) is 0.890. The molecule has 134 valence electrons. The van der Waals surface area contributed by atoms with Crippen molar-refractivity contribution in [3.63, 3.8) is 0 Å². The maximum Gasteiger partial charge on any atom is 0.317 e. The van der Waals surface area contributed by atoms with E-state index in [-0.39, 0.29) is 23.3 Å². The lowest BCUT2D eigenvalue weighted by atomic mass is 10.0. The van der Waals surface area contributed by atoms with Crippen LogP contribution in [0.5, 0.6) is 0 Å². The Bertz CT molecular complexity index is 796. The number of anilines is 1. The number of benzene rings is 1. The van der Waals surface area contributed by atoms with E-state index in [2.05, 4.69) is 15.6 Å². The van der Waals surface area contributed by atoms with Crippen molar-refractivity contribution in [1.82, 2.24) is 15.2 Å². The molecular weight excluding hydrogens is 328 g/mol. The molecule has 0 bridgehead atoms. The number of hydrogen-bond acceptors (Lipinski definition) is 3. The van der Waals surface area contributed by atoms with Gasteiger partial charge in [-0.15, -0.1) is 0 Å². The van der Waals surface area contributed by atoms with Crippen molar-refractivity contribution in [1.29, 1.82) is 0 Å². The minimum Gasteiger partial charge on any atom is -0.334 e. The summed E-state index contributed by atoms with van der Waals surface area (Å²) in [6, 6.07) is 13.4. The highest BCUT2D eigenvalue weighted by molar-refractivity contribution is 5.95. The van der Waals surface area contributed by atoms with Gasteiger partial charge in [-0.25, -0.2) is 4.79 Å². The molecule has 1 aliphatic carbocycles. The molecule has 0 radical (unpaired) electrons. The summed E-state index contributed by atoms with van der Waals surface area (Å²) in [4.78, 5) is 30.7. The van der Waals surface area contributed by atoms with Crippen LogP contribution in [-0.2, 0) is 11.3 Å². The molecule has 2 fully saturated rings. The van der Waals surface area contributed by atoms with E-state index in [9.17, 15) is 9.59 Å². The van der Waals surface area contributed by atoms with Gasteiger partial charge in [-0.2, -0.15) is 0 Å². The molecule has 1 saturated carbocycles. The Morgan fingerprint density at radius 2 is 2.04 bits per heavy atom. The van der Waals surface area contributed by atoms with Gasteiger partial charge in [0.05, 0.1) is 11.9 Å². The fraction of sp³-hybridized carbons (Fsp3) is 0.350. The summed E-state index contributed by atoms with van der Waals surface area (Å²) in [6.07, 6.45) is 5.06. The fourth-order valence-corrected chi connectivity index (χ4v) is 3.79. The molecule has 1 saturated heterocycles. The van der Waals surface area contributed by atoms with Crippen LogP contribution in [0.15, 0.2) is 54.9 Å². The normalized spacial score (nSPS) is 23.7. The van der Waals surface area contributed by atoms with Crippen molar-refractivity contribution in [2.75, 3.05) is 18.4 Å².